The van der Waals surface area contributed by atoms with Crippen LogP contribution in [0.4, 0.5) is 0 Å². The van der Waals surface area contributed by atoms with Gasteiger partial charge in [0.1, 0.15) is 5.76 Å². The van der Waals surface area contributed by atoms with Crippen molar-refractivity contribution < 1.29 is 24.2 Å². The van der Waals surface area contributed by atoms with Crippen molar-refractivity contribution in [2.24, 2.45) is 0 Å². The van der Waals surface area contributed by atoms with Gasteiger partial charge in [0.15, 0.2) is 0 Å². The second kappa shape index (κ2) is 9.74. The Labute approximate surface area is 214 Å². The predicted molar refractivity (Wildman–Crippen MR) is 141 cm³/mol. The number of Topliss-reactive ketones (excluding diaryl/α,β-unsaturated/α-hetero) is 1. The molecule has 1 amide bonds. The van der Waals surface area contributed by atoms with Gasteiger partial charge in [-0.1, -0.05) is 78.9 Å². The van der Waals surface area contributed by atoms with Gasteiger partial charge in [0, 0.05) is 12.1 Å². The number of esters is 1. The first-order chi connectivity index (χ1) is 17.9. The largest absolute Gasteiger partial charge is 0.507 e. The first-order valence-electron chi connectivity index (χ1n) is 11.9. The highest BCUT2D eigenvalue weighted by molar-refractivity contribution is 6.46. The van der Waals surface area contributed by atoms with E-state index in [1.165, 1.54) is 12.0 Å². The molecule has 6 heteroatoms. The number of hydrogen-bond acceptors (Lipinski definition) is 5. The Balaban J connectivity index is 1.65. The number of aryl methyl sites for hydroxylation is 1. The van der Waals surface area contributed by atoms with E-state index in [1.54, 1.807) is 30.3 Å². The number of benzene rings is 4. The fourth-order valence-electron chi connectivity index (χ4n) is 4.90. The zero-order valence-corrected chi connectivity index (χ0v) is 20.5. The first-order valence-corrected chi connectivity index (χ1v) is 11.9. The molecule has 1 aliphatic heterocycles. The minimum absolute atomic E-state index is 0.0573. The van der Waals surface area contributed by atoms with Crippen molar-refractivity contribution in [3.8, 4) is 0 Å². The maximum absolute atomic E-state index is 13.5. The summed E-state index contributed by atoms with van der Waals surface area (Å²) in [6.07, 6.45) is 0. The van der Waals surface area contributed by atoms with Gasteiger partial charge in [0.05, 0.1) is 24.3 Å². The van der Waals surface area contributed by atoms with Crippen LogP contribution in [-0.2, 0) is 20.9 Å². The molecule has 6 nitrogen and oxygen atoms in total. The van der Waals surface area contributed by atoms with Crippen LogP contribution in [0.1, 0.15) is 38.7 Å². The van der Waals surface area contributed by atoms with Gasteiger partial charge >= 0.3 is 5.97 Å². The van der Waals surface area contributed by atoms with Crippen LogP contribution in [0.2, 0.25) is 0 Å². The number of aliphatic hydroxyl groups is 1. The van der Waals surface area contributed by atoms with Crippen molar-refractivity contribution in [1.29, 1.82) is 0 Å². The zero-order chi connectivity index (χ0) is 26.1. The number of fused-ring (bicyclic) bond motifs is 1. The third-order valence-electron chi connectivity index (χ3n) is 6.80. The lowest BCUT2D eigenvalue weighted by Crippen LogP contribution is -2.29. The Morgan fingerprint density at radius 2 is 1.57 bits per heavy atom. The number of nitrogens with zero attached hydrogens (tertiary/aromatic N) is 1. The Hall–Kier alpha value is -4.71. The van der Waals surface area contributed by atoms with Crippen molar-refractivity contribution in [2.45, 2.75) is 19.5 Å². The van der Waals surface area contributed by atoms with E-state index in [4.69, 9.17) is 4.74 Å². The minimum atomic E-state index is -0.777. The summed E-state index contributed by atoms with van der Waals surface area (Å²) >= 11 is 0. The quantitative estimate of drug-likeness (QED) is 0.171. The van der Waals surface area contributed by atoms with Gasteiger partial charge < -0.3 is 14.7 Å². The highest BCUT2D eigenvalue weighted by Crippen LogP contribution is 2.42. The molecule has 0 saturated carbocycles. The van der Waals surface area contributed by atoms with E-state index in [0.29, 0.717) is 11.1 Å². The number of rotatable bonds is 5. The van der Waals surface area contributed by atoms with E-state index < -0.39 is 23.7 Å². The zero-order valence-electron chi connectivity index (χ0n) is 20.5. The maximum atomic E-state index is 13.5. The summed E-state index contributed by atoms with van der Waals surface area (Å²) in [5.74, 6) is -2.08. The second-order valence-corrected chi connectivity index (χ2v) is 9.00. The number of likely N-dealkylation sites (tertiary alicyclic amines) is 1. The molecule has 4 aromatic rings. The van der Waals surface area contributed by atoms with Gasteiger partial charge in [-0.15, -0.1) is 0 Å². The van der Waals surface area contributed by atoms with E-state index in [1.807, 2.05) is 67.6 Å². The molecule has 1 aliphatic rings. The topological polar surface area (TPSA) is 83.9 Å². The third-order valence-corrected chi connectivity index (χ3v) is 6.80. The van der Waals surface area contributed by atoms with E-state index in [2.05, 4.69) is 0 Å². The van der Waals surface area contributed by atoms with Crippen LogP contribution in [0.25, 0.3) is 16.5 Å². The lowest BCUT2D eigenvalue weighted by Gasteiger charge is -2.27. The average Bonchev–Trinajstić information content (AvgIpc) is 3.17. The fraction of sp³-hybridized carbons (Fsp3) is 0.129. The van der Waals surface area contributed by atoms with Crippen molar-refractivity contribution in [3.05, 3.63) is 124 Å². The maximum Gasteiger partial charge on any atom is 0.337 e. The normalized spacial score (nSPS) is 16.8. The number of carbonyl (C=O) groups excluding carboxylic acids is 3. The van der Waals surface area contributed by atoms with Crippen LogP contribution >= 0.6 is 0 Å². The lowest BCUT2D eigenvalue weighted by atomic mass is 9.91. The molecule has 4 aromatic carbocycles. The molecular weight excluding hydrogens is 466 g/mol. The molecule has 0 aromatic heterocycles. The standard InChI is InChI=1S/C31H25NO5/c1-19-8-3-5-11-23(19)27-26(28(33)25-13-7-10-21-9-4-6-12-24(21)25)29(34)30(35)32(27)18-20-14-16-22(17-15-20)31(36)37-2/h3-17,27,33H,18H2,1-2H3/b28-26+. The average molecular weight is 492 g/mol. The molecule has 1 heterocycles. The van der Waals surface area contributed by atoms with E-state index in [0.717, 1.165) is 27.5 Å². The van der Waals surface area contributed by atoms with Gasteiger partial charge in [0.2, 0.25) is 0 Å². The molecule has 5 rings (SSSR count). The monoisotopic (exact) mass is 491 g/mol. The van der Waals surface area contributed by atoms with Gasteiger partial charge in [-0.25, -0.2) is 4.79 Å². The van der Waals surface area contributed by atoms with Crippen molar-refractivity contribution in [1.82, 2.24) is 4.90 Å². The number of methoxy groups -OCH3 is 1. The van der Waals surface area contributed by atoms with E-state index in [-0.39, 0.29) is 17.9 Å². The minimum Gasteiger partial charge on any atom is -0.507 e. The SMILES string of the molecule is COC(=O)c1ccc(CN2C(=O)C(=O)/C(=C(/O)c3cccc4ccccc34)C2c2ccccc2C)cc1. The Morgan fingerprint density at radius 1 is 0.892 bits per heavy atom. The number of ether oxygens (including phenoxy) is 1. The molecule has 1 unspecified atom stereocenters. The van der Waals surface area contributed by atoms with Crippen molar-refractivity contribution in [3.63, 3.8) is 0 Å². The Morgan fingerprint density at radius 3 is 2.30 bits per heavy atom. The highest BCUT2D eigenvalue weighted by Gasteiger charge is 2.46. The predicted octanol–water partition coefficient (Wildman–Crippen LogP) is 5.56. The number of aliphatic hydroxyl groups excluding tert-OH is 1. The molecule has 1 fully saturated rings. The van der Waals surface area contributed by atoms with E-state index >= 15 is 0 Å². The second-order valence-electron chi connectivity index (χ2n) is 9.00. The molecule has 1 saturated heterocycles. The fourth-order valence-corrected chi connectivity index (χ4v) is 4.90. The number of hydrogen-bond donors (Lipinski definition) is 1. The molecule has 184 valence electrons. The Kier molecular flexibility index (Phi) is 6.32. The highest BCUT2D eigenvalue weighted by atomic mass is 16.5. The summed E-state index contributed by atoms with van der Waals surface area (Å²) in [4.78, 5) is 40.2. The molecular formula is C31H25NO5. The third kappa shape index (κ3) is 4.27. The summed E-state index contributed by atoms with van der Waals surface area (Å²) in [5, 5.41) is 13.3. The van der Waals surface area contributed by atoms with Crippen LogP contribution in [0.15, 0.2) is 96.6 Å². The first kappa shape index (κ1) is 24.0. The lowest BCUT2D eigenvalue weighted by molar-refractivity contribution is -0.140. The summed E-state index contributed by atoms with van der Waals surface area (Å²) in [7, 11) is 1.31. The van der Waals surface area contributed by atoms with Gasteiger partial charge in [-0.2, -0.15) is 0 Å². The van der Waals surface area contributed by atoms with Crippen LogP contribution in [0.3, 0.4) is 0 Å². The molecule has 1 N–H and O–H groups in total. The Bertz CT molecular complexity index is 1560. The summed E-state index contributed by atoms with van der Waals surface area (Å²) in [5.41, 5.74) is 3.33. The number of carbonyl (C=O) groups is 3. The number of ketones is 1. The molecule has 37 heavy (non-hydrogen) atoms. The molecule has 0 aliphatic carbocycles. The molecule has 1 atom stereocenters. The van der Waals surface area contributed by atoms with Crippen molar-refractivity contribution in [2.75, 3.05) is 7.11 Å². The van der Waals surface area contributed by atoms with Crippen LogP contribution in [0, 0.1) is 6.92 Å². The molecule has 0 radical (unpaired) electrons. The summed E-state index contributed by atoms with van der Waals surface area (Å²) in [6.45, 7) is 2.04. The van der Waals surface area contributed by atoms with Crippen molar-refractivity contribution >= 4 is 34.2 Å². The van der Waals surface area contributed by atoms with E-state index in [9.17, 15) is 19.5 Å². The van der Waals surface area contributed by atoms with Gasteiger partial charge in [-0.3, -0.25) is 9.59 Å². The summed E-state index contributed by atoms with van der Waals surface area (Å²) < 4.78 is 4.76. The van der Waals surface area contributed by atoms with Gasteiger partial charge in [-0.05, 0) is 46.5 Å². The smallest absolute Gasteiger partial charge is 0.337 e. The molecule has 0 bridgehead atoms. The van der Waals surface area contributed by atoms with Crippen LogP contribution < -0.4 is 0 Å². The molecule has 0 spiro atoms. The van der Waals surface area contributed by atoms with Crippen LogP contribution in [-0.4, -0.2) is 34.8 Å². The van der Waals surface area contributed by atoms with Crippen LogP contribution in [0.5, 0.6) is 0 Å². The number of amides is 1. The van der Waals surface area contributed by atoms with Gasteiger partial charge in [0.25, 0.3) is 11.7 Å². The summed E-state index contributed by atoms with van der Waals surface area (Å²) in [6, 6.07) is 26.5.